The number of carbonyl (C=O) groups excluding carboxylic acids is 2. The predicted octanol–water partition coefficient (Wildman–Crippen LogP) is 2.95. The van der Waals surface area contributed by atoms with Crippen LogP contribution in [0.15, 0.2) is 30.3 Å². The van der Waals surface area contributed by atoms with Gasteiger partial charge in [0.2, 0.25) is 5.91 Å². The summed E-state index contributed by atoms with van der Waals surface area (Å²) in [6.45, 7) is 5.91. The fourth-order valence-corrected chi connectivity index (χ4v) is 2.03. The normalized spacial score (nSPS) is 12.3. The third-order valence-corrected chi connectivity index (χ3v) is 3.20. The lowest BCUT2D eigenvalue weighted by Gasteiger charge is -2.23. The zero-order valence-electron chi connectivity index (χ0n) is 12.8. The number of benzene rings is 1. The van der Waals surface area contributed by atoms with Crippen LogP contribution in [0.2, 0.25) is 0 Å². The number of amides is 1. The Morgan fingerprint density at radius 1 is 1.24 bits per heavy atom. The van der Waals surface area contributed by atoms with Crippen LogP contribution in [0.3, 0.4) is 0 Å². The molecule has 1 aromatic rings. The molecule has 4 heteroatoms. The second kappa shape index (κ2) is 7.58. The maximum absolute atomic E-state index is 12.2. The first kappa shape index (κ1) is 16.9. The van der Waals surface area contributed by atoms with E-state index in [0.717, 1.165) is 0 Å². The number of hydrogen-bond acceptors (Lipinski definition) is 3. The van der Waals surface area contributed by atoms with E-state index in [4.69, 9.17) is 5.26 Å². The van der Waals surface area contributed by atoms with Crippen LogP contribution in [0.5, 0.6) is 0 Å². The molecule has 1 atom stereocenters. The largest absolute Gasteiger partial charge is 0.355 e. The van der Waals surface area contributed by atoms with Gasteiger partial charge >= 0.3 is 0 Å². The fourth-order valence-electron chi connectivity index (χ4n) is 2.03. The Hall–Kier alpha value is -2.15. The van der Waals surface area contributed by atoms with Crippen LogP contribution in [0.25, 0.3) is 0 Å². The zero-order chi connectivity index (χ0) is 15.9. The number of nitriles is 1. The van der Waals surface area contributed by atoms with Crippen molar-refractivity contribution < 1.29 is 9.59 Å². The Labute approximate surface area is 126 Å². The molecule has 0 unspecified atom stereocenters. The van der Waals surface area contributed by atoms with Crippen LogP contribution in [0, 0.1) is 22.7 Å². The van der Waals surface area contributed by atoms with Gasteiger partial charge in [-0.25, -0.2) is 0 Å². The van der Waals surface area contributed by atoms with Gasteiger partial charge in [0.25, 0.3) is 0 Å². The Morgan fingerprint density at radius 3 is 2.43 bits per heavy atom. The highest BCUT2D eigenvalue weighted by Gasteiger charge is 2.25. The lowest BCUT2D eigenvalue weighted by atomic mass is 9.82. The molecule has 0 heterocycles. The summed E-state index contributed by atoms with van der Waals surface area (Å²) in [5.74, 6) is -0.287. The average Bonchev–Trinajstić information content (AvgIpc) is 2.44. The minimum absolute atomic E-state index is 0.0405. The van der Waals surface area contributed by atoms with Gasteiger partial charge < -0.3 is 5.32 Å². The predicted molar refractivity (Wildman–Crippen MR) is 81.6 cm³/mol. The molecular formula is C17H22N2O2. The highest BCUT2D eigenvalue weighted by molar-refractivity contribution is 5.96. The lowest BCUT2D eigenvalue weighted by molar-refractivity contribution is -0.123. The Morgan fingerprint density at radius 2 is 1.86 bits per heavy atom. The fraction of sp³-hybridized carbons (Fsp3) is 0.471. The SMILES string of the molecule is C[C@H](C#N)CNC(=O)CC(C)(C)CC(=O)c1ccccc1. The summed E-state index contributed by atoms with van der Waals surface area (Å²) in [5, 5.41) is 11.4. The molecule has 1 rings (SSSR count). The van der Waals surface area contributed by atoms with Crippen molar-refractivity contribution in [3.05, 3.63) is 35.9 Å². The Kier molecular flexibility index (Phi) is 6.10. The monoisotopic (exact) mass is 286 g/mol. The van der Waals surface area contributed by atoms with Gasteiger partial charge in [0, 0.05) is 24.9 Å². The van der Waals surface area contributed by atoms with E-state index in [1.165, 1.54) is 0 Å². The first-order valence-corrected chi connectivity index (χ1v) is 7.08. The quantitative estimate of drug-likeness (QED) is 0.783. The first-order chi connectivity index (χ1) is 9.84. The highest BCUT2D eigenvalue weighted by Crippen LogP contribution is 2.27. The number of rotatable bonds is 7. The maximum atomic E-state index is 12.2. The molecule has 0 aromatic heterocycles. The molecule has 0 aliphatic carbocycles. The topological polar surface area (TPSA) is 70.0 Å². The van der Waals surface area contributed by atoms with Crippen LogP contribution in [-0.2, 0) is 4.79 Å². The van der Waals surface area contributed by atoms with Crippen molar-refractivity contribution in [1.82, 2.24) is 5.32 Å². The minimum atomic E-state index is -0.410. The molecule has 0 aliphatic heterocycles. The summed E-state index contributed by atoms with van der Waals surface area (Å²) in [6.07, 6.45) is 0.585. The molecule has 0 aliphatic rings. The number of ketones is 1. The molecule has 1 amide bonds. The zero-order valence-corrected chi connectivity index (χ0v) is 12.8. The van der Waals surface area contributed by atoms with Gasteiger partial charge in [-0.2, -0.15) is 5.26 Å². The van der Waals surface area contributed by atoms with Gasteiger partial charge in [0.1, 0.15) is 0 Å². The molecule has 21 heavy (non-hydrogen) atoms. The molecule has 0 fully saturated rings. The molecule has 1 N–H and O–H groups in total. The van der Waals surface area contributed by atoms with Gasteiger partial charge in [0.05, 0.1) is 12.0 Å². The second-order valence-electron chi connectivity index (χ2n) is 6.14. The summed E-state index contributed by atoms with van der Waals surface area (Å²) in [5.41, 5.74) is 0.261. The molecule has 0 saturated carbocycles. The summed E-state index contributed by atoms with van der Waals surface area (Å²) in [4.78, 5) is 24.0. The number of hydrogen-bond donors (Lipinski definition) is 1. The first-order valence-electron chi connectivity index (χ1n) is 7.08. The van der Waals surface area contributed by atoms with Gasteiger partial charge in [-0.15, -0.1) is 0 Å². The highest BCUT2D eigenvalue weighted by atomic mass is 16.1. The average molecular weight is 286 g/mol. The molecule has 0 spiro atoms. The maximum Gasteiger partial charge on any atom is 0.220 e. The van der Waals surface area contributed by atoms with Crippen LogP contribution < -0.4 is 5.32 Å². The van der Waals surface area contributed by atoms with Crippen LogP contribution >= 0.6 is 0 Å². The number of nitrogens with zero attached hydrogens (tertiary/aromatic N) is 1. The van der Waals surface area contributed by atoms with Crippen LogP contribution in [0.1, 0.15) is 44.0 Å². The third kappa shape index (κ3) is 6.22. The van der Waals surface area contributed by atoms with Gasteiger partial charge in [0.15, 0.2) is 5.78 Å². The van der Waals surface area contributed by atoms with E-state index in [1.807, 2.05) is 32.0 Å². The van der Waals surface area contributed by atoms with Crippen molar-refractivity contribution in [3.8, 4) is 6.07 Å². The second-order valence-corrected chi connectivity index (χ2v) is 6.14. The number of nitrogens with one attached hydrogen (secondary N) is 1. The van der Waals surface area contributed by atoms with Gasteiger partial charge in [-0.05, 0) is 12.3 Å². The Bertz CT molecular complexity index is 529. The number of Topliss-reactive ketones (excluding diaryl/α,β-unsaturated/α-hetero) is 1. The van der Waals surface area contributed by atoms with Crippen molar-refractivity contribution in [2.75, 3.05) is 6.54 Å². The van der Waals surface area contributed by atoms with E-state index >= 15 is 0 Å². The standard InChI is InChI=1S/C17H22N2O2/c1-13(11-18)12-19-16(21)10-17(2,3)9-15(20)14-7-5-4-6-8-14/h4-8,13H,9-10,12H2,1-3H3,(H,19,21)/t13-/m1/s1. The lowest BCUT2D eigenvalue weighted by Crippen LogP contribution is -2.32. The molecular weight excluding hydrogens is 264 g/mol. The van der Waals surface area contributed by atoms with Crippen molar-refractivity contribution >= 4 is 11.7 Å². The van der Waals surface area contributed by atoms with Gasteiger partial charge in [-0.3, -0.25) is 9.59 Å². The molecule has 0 bridgehead atoms. The molecule has 0 radical (unpaired) electrons. The molecule has 1 aromatic carbocycles. The van der Waals surface area contributed by atoms with E-state index in [0.29, 0.717) is 18.5 Å². The van der Waals surface area contributed by atoms with E-state index in [-0.39, 0.29) is 24.0 Å². The molecule has 4 nitrogen and oxygen atoms in total. The van der Waals surface area contributed by atoms with E-state index < -0.39 is 5.41 Å². The number of carbonyl (C=O) groups is 2. The summed E-state index contributed by atoms with van der Waals surface area (Å²) >= 11 is 0. The minimum Gasteiger partial charge on any atom is -0.355 e. The molecule has 112 valence electrons. The van der Waals surface area contributed by atoms with Crippen molar-refractivity contribution in [2.24, 2.45) is 11.3 Å². The summed E-state index contributed by atoms with van der Waals surface area (Å²) in [7, 11) is 0. The van der Waals surface area contributed by atoms with Crippen molar-refractivity contribution in [1.29, 1.82) is 5.26 Å². The summed E-state index contributed by atoms with van der Waals surface area (Å²) < 4.78 is 0. The van der Waals surface area contributed by atoms with E-state index in [2.05, 4.69) is 11.4 Å². The Balaban J connectivity index is 2.52. The van der Waals surface area contributed by atoms with Gasteiger partial charge in [-0.1, -0.05) is 44.2 Å². The van der Waals surface area contributed by atoms with Crippen LogP contribution in [0.4, 0.5) is 0 Å². The third-order valence-electron chi connectivity index (χ3n) is 3.20. The van der Waals surface area contributed by atoms with E-state index in [9.17, 15) is 9.59 Å². The van der Waals surface area contributed by atoms with E-state index in [1.54, 1.807) is 19.1 Å². The smallest absolute Gasteiger partial charge is 0.220 e. The van der Waals surface area contributed by atoms with Crippen LogP contribution in [-0.4, -0.2) is 18.2 Å². The summed E-state index contributed by atoms with van der Waals surface area (Å²) in [6, 6.07) is 11.2. The van der Waals surface area contributed by atoms with Crippen molar-refractivity contribution in [3.63, 3.8) is 0 Å². The van der Waals surface area contributed by atoms with Crippen molar-refractivity contribution in [2.45, 2.75) is 33.6 Å². The molecule has 0 saturated heterocycles.